The van der Waals surface area contributed by atoms with E-state index in [9.17, 15) is 0 Å². The first-order chi connectivity index (χ1) is 10.1. The number of methoxy groups -OCH3 is 1. The van der Waals surface area contributed by atoms with Crippen molar-refractivity contribution in [1.29, 1.82) is 0 Å². The first kappa shape index (κ1) is 15.8. The van der Waals surface area contributed by atoms with Crippen molar-refractivity contribution in [3.63, 3.8) is 0 Å². The molecule has 0 aliphatic rings. The maximum absolute atomic E-state index is 5.53. The second-order valence-electron chi connectivity index (χ2n) is 4.85. The van der Waals surface area contributed by atoms with E-state index in [0.29, 0.717) is 6.61 Å². The van der Waals surface area contributed by atoms with Gasteiger partial charge in [0, 0.05) is 17.6 Å². The molecule has 0 saturated carbocycles. The molecule has 1 aromatic heterocycles. The van der Waals surface area contributed by atoms with Gasteiger partial charge in [-0.15, -0.1) is 11.3 Å². The first-order valence-corrected chi connectivity index (χ1v) is 7.97. The van der Waals surface area contributed by atoms with Crippen LogP contribution in [0.2, 0.25) is 0 Å². The zero-order valence-electron chi connectivity index (χ0n) is 13.0. The Morgan fingerprint density at radius 2 is 2.14 bits per heavy atom. The Kier molecular flexibility index (Phi) is 5.59. The number of hydrogen-bond donors (Lipinski definition) is 1. The van der Waals surface area contributed by atoms with Crippen molar-refractivity contribution in [2.45, 2.75) is 33.4 Å². The molecule has 1 aromatic carbocycles. The smallest absolute Gasteiger partial charge is 0.161 e. The van der Waals surface area contributed by atoms with Crippen LogP contribution in [0.3, 0.4) is 0 Å². The van der Waals surface area contributed by atoms with Crippen molar-refractivity contribution >= 4 is 11.3 Å². The largest absolute Gasteiger partial charge is 0.493 e. The highest BCUT2D eigenvalue weighted by Crippen LogP contribution is 2.28. The van der Waals surface area contributed by atoms with Crippen molar-refractivity contribution in [2.24, 2.45) is 0 Å². The highest BCUT2D eigenvalue weighted by Gasteiger charge is 2.10. The summed E-state index contributed by atoms with van der Waals surface area (Å²) in [5.74, 6) is 1.56. The number of aromatic nitrogens is 1. The van der Waals surface area contributed by atoms with Gasteiger partial charge in [0.2, 0.25) is 0 Å². The predicted octanol–water partition coefficient (Wildman–Crippen LogP) is 3.71. The number of aryl methyl sites for hydroxylation is 1. The van der Waals surface area contributed by atoms with Crippen LogP contribution in [0.1, 0.15) is 36.2 Å². The quantitative estimate of drug-likeness (QED) is 0.847. The third kappa shape index (κ3) is 4.19. The zero-order chi connectivity index (χ0) is 15.2. The van der Waals surface area contributed by atoms with Gasteiger partial charge in [0.05, 0.1) is 19.8 Å². The number of nitrogens with one attached hydrogen (secondary N) is 1. The molecule has 114 valence electrons. The van der Waals surface area contributed by atoms with Crippen molar-refractivity contribution in [2.75, 3.05) is 13.7 Å². The fourth-order valence-electron chi connectivity index (χ4n) is 2.03. The zero-order valence-corrected chi connectivity index (χ0v) is 13.8. The second-order valence-corrected chi connectivity index (χ2v) is 5.74. The molecule has 1 unspecified atom stereocenters. The van der Waals surface area contributed by atoms with Gasteiger partial charge in [-0.3, -0.25) is 0 Å². The van der Waals surface area contributed by atoms with Crippen LogP contribution < -0.4 is 14.8 Å². The molecule has 0 aliphatic heterocycles. The molecule has 0 fully saturated rings. The Hall–Kier alpha value is -1.59. The lowest BCUT2D eigenvalue weighted by molar-refractivity contribution is 0.310. The van der Waals surface area contributed by atoms with Gasteiger partial charge in [-0.2, -0.15) is 0 Å². The maximum atomic E-state index is 5.53. The Morgan fingerprint density at radius 3 is 2.76 bits per heavy atom. The van der Waals surface area contributed by atoms with E-state index in [-0.39, 0.29) is 6.04 Å². The maximum Gasteiger partial charge on any atom is 0.161 e. The van der Waals surface area contributed by atoms with E-state index >= 15 is 0 Å². The van der Waals surface area contributed by atoms with Crippen LogP contribution in [0, 0.1) is 6.92 Å². The van der Waals surface area contributed by atoms with Crippen LogP contribution in [0.4, 0.5) is 0 Å². The van der Waals surface area contributed by atoms with Crippen LogP contribution in [-0.2, 0) is 6.54 Å². The first-order valence-electron chi connectivity index (χ1n) is 7.09. The summed E-state index contributed by atoms with van der Waals surface area (Å²) in [5.41, 5.74) is 2.24. The molecular weight excluding hydrogens is 284 g/mol. The van der Waals surface area contributed by atoms with Crippen molar-refractivity contribution in [3.8, 4) is 11.5 Å². The third-order valence-corrected chi connectivity index (χ3v) is 4.29. The topological polar surface area (TPSA) is 43.4 Å². The number of thiazole rings is 1. The van der Waals surface area contributed by atoms with Crippen molar-refractivity contribution in [1.82, 2.24) is 10.3 Å². The fourth-order valence-corrected chi connectivity index (χ4v) is 2.85. The van der Waals surface area contributed by atoms with Crippen LogP contribution in [0.25, 0.3) is 0 Å². The lowest BCUT2D eigenvalue weighted by atomic mass is 10.2. The lowest BCUT2D eigenvalue weighted by Crippen LogP contribution is -2.18. The summed E-state index contributed by atoms with van der Waals surface area (Å²) in [6.45, 7) is 7.51. The van der Waals surface area contributed by atoms with Gasteiger partial charge in [0.15, 0.2) is 11.5 Å². The fraction of sp³-hybridized carbons (Fsp3) is 0.438. The summed E-state index contributed by atoms with van der Waals surface area (Å²) in [6, 6.07) is 6.26. The number of benzene rings is 1. The van der Waals surface area contributed by atoms with Gasteiger partial charge in [-0.25, -0.2) is 4.98 Å². The highest BCUT2D eigenvalue weighted by molar-refractivity contribution is 7.09. The minimum atomic E-state index is 0.237. The third-order valence-electron chi connectivity index (χ3n) is 3.15. The Balaban J connectivity index is 1.99. The summed E-state index contributed by atoms with van der Waals surface area (Å²) in [6.07, 6.45) is 0. The normalized spacial score (nSPS) is 12.2. The number of rotatable bonds is 7. The van der Waals surface area contributed by atoms with Gasteiger partial charge in [-0.1, -0.05) is 6.07 Å². The molecule has 0 aliphatic carbocycles. The monoisotopic (exact) mass is 306 g/mol. The Bertz CT molecular complexity index is 583. The van der Waals surface area contributed by atoms with Gasteiger partial charge in [0.1, 0.15) is 5.01 Å². The van der Waals surface area contributed by atoms with Gasteiger partial charge >= 0.3 is 0 Å². The van der Waals surface area contributed by atoms with E-state index in [1.165, 1.54) is 0 Å². The molecule has 0 radical (unpaired) electrons. The lowest BCUT2D eigenvalue weighted by Gasteiger charge is -2.14. The van der Waals surface area contributed by atoms with Crippen molar-refractivity contribution < 1.29 is 9.47 Å². The van der Waals surface area contributed by atoms with Crippen molar-refractivity contribution in [3.05, 3.63) is 39.8 Å². The predicted molar refractivity (Wildman–Crippen MR) is 86.3 cm³/mol. The van der Waals surface area contributed by atoms with Gasteiger partial charge in [0.25, 0.3) is 0 Å². The molecule has 0 saturated heterocycles. The van der Waals surface area contributed by atoms with Crippen LogP contribution in [0.5, 0.6) is 11.5 Å². The average Bonchev–Trinajstić information content (AvgIpc) is 2.92. The van der Waals surface area contributed by atoms with Crippen LogP contribution in [-0.4, -0.2) is 18.7 Å². The van der Waals surface area contributed by atoms with E-state index in [4.69, 9.17) is 9.47 Å². The van der Waals surface area contributed by atoms with Gasteiger partial charge < -0.3 is 14.8 Å². The van der Waals surface area contributed by atoms with E-state index < -0.39 is 0 Å². The molecule has 2 aromatic rings. The molecule has 1 heterocycles. The Labute approximate surface area is 130 Å². The SMILES string of the molecule is CCOc1ccc(CNC(C)c2nc(C)cs2)cc1OC. The standard InChI is InChI=1S/C16H22N2O2S/c1-5-20-14-7-6-13(8-15(14)19-4)9-17-12(3)16-18-11(2)10-21-16/h6-8,10,12,17H,5,9H2,1-4H3. The summed E-state index contributed by atoms with van der Waals surface area (Å²) in [7, 11) is 1.66. The van der Waals surface area contributed by atoms with Gasteiger partial charge in [-0.05, 0) is 38.5 Å². The van der Waals surface area contributed by atoms with E-state index in [1.807, 2.05) is 26.0 Å². The van der Waals surface area contributed by atoms with E-state index in [1.54, 1.807) is 18.4 Å². The van der Waals surface area contributed by atoms with E-state index in [2.05, 4.69) is 28.7 Å². The second kappa shape index (κ2) is 7.43. The molecule has 4 nitrogen and oxygen atoms in total. The van der Waals surface area contributed by atoms with E-state index in [0.717, 1.165) is 34.3 Å². The number of hydrogen-bond acceptors (Lipinski definition) is 5. The number of ether oxygens (including phenoxy) is 2. The molecule has 0 amide bonds. The molecule has 1 N–H and O–H groups in total. The summed E-state index contributed by atoms with van der Waals surface area (Å²) in [5, 5.41) is 6.68. The summed E-state index contributed by atoms with van der Waals surface area (Å²) < 4.78 is 10.9. The molecule has 5 heteroatoms. The molecule has 2 rings (SSSR count). The number of nitrogens with zero attached hydrogens (tertiary/aromatic N) is 1. The summed E-state index contributed by atoms with van der Waals surface area (Å²) in [4.78, 5) is 4.51. The average molecular weight is 306 g/mol. The molecular formula is C16H22N2O2S. The van der Waals surface area contributed by atoms with Crippen LogP contribution >= 0.6 is 11.3 Å². The Morgan fingerprint density at radius 1 is 1.33 bits per heavy atom. The minimum absolute atomic E-state index is 0.237. The molecule has 0 spiro atoms. The molecule has 21 heavy (non-hydrogen) atoms. The highest BCUT2D eigenvalue weighted by atomic mass is 32.1. The molecule has 0 bridgehead atoms. The molecule has 1 atom stereocenters. The minimum Gasteiger partial charge on any atom is -0.493 e. The summed E-state index contributed by atoms with van der Waals surface area (Å²) >= 11 is 1.69. The van der Waals surface area contributed by atoms with Crippen LogP contribution in [0.15, 0.2) is 23.6 Å².